The molecule has 0 radical (unpaired) electrons. The zero-order chi connectivity index (χ0) is 15.4. The molecule has 0 fully saturated rings. The number of carbonyl (C=O) groups excluding carboxylic acids is 1. The molecule has 1 amide bonds. The Labute approximate surface area is 122 Å². The molecule has 5 heteroatoms. The number of nitrogen functional groups attached to an aromatic ring is 1. The van der Waals surface area contributed by atoms with Crippen molar-refractivity contribution in [1.29, 1.82) is 0 Å². The predicted molar refractivity (Wildman–Crippen MR) is 79.6 cm³/mol. The molecule has 2 N–H and O–H groups in total. The summed E-state index contributed by atoms with van der Waals surface area (Å²) in [6.45, 7) is 0.183. The van der Waals surface area contributed by atoms with Crippen LogP contribution >= 0.6 is 0 Å². The van der Waals surface area contributed by atoms with Gasteiger partial charge in [0.1, 0.15) is 11.6 Å². The third kappa shape index (κ3) is 3.51. The summed E-state index contributed by atoms with van der Waals surface area (Å²) in [5, 5.41) is 0. The summed E-state index contributed by atoms with van der Waals surface area (Å²) in [5.41, 5.74) is 7.05. The molecule has 0 aliphatic carbocycles. The highest BCUT2D eigenvalue weighted by Crippen LogP contribution is 2.20. The molecule has 0 saturated carbocycles. The Morgan fingerprint density at radius 2 is 2.00 bits per heavy atom. The van der Waals surface area contributed by atoms with Crippen LogP contribution in [0.3, 0.4) is 0 Å². The minimum Gasteiger partial charge on any atom is -0.497 e. The van der Waals surface area contributed by atoms with Gasteiger partial charge < -0.3 is 15.4 Å². The molecule has 0 aliphatic heterocycles. The molecule has 21 heavy (non-hydrogen) atoms. The third-order valence-electron chi connectivity index (χ3n) is 3.12. The Kier molecular flexibility index (Phi) is 4.42. The van der Waals surface area contributed by atoms with E-state index >= 15 is 0 Å². The number of halogens is 1. The lowest BCUT2D eigenvalue weighted by molar-refractivity contribution is 0.0783. The lowest BCUT2D eigenvalue weighted by Crippen LogP contribution is -2.26. The van der Waals surface area contributed by atoms with Crippen molar-refractivity contribution in [3.8, 4) is 5.75 Å². The second kappa shape index (κ2) is 6.26. The summed E-state index contributed by atoms with van der Waals surface area (Å²) in [6, 6.07) is 11.2. The van der Waals surface area contributed by atoms with Gasteiger partial charge >= 0.3 is 0 Å². The second-order valence-corrected chi connectivity index (χ2v) is 4.75. The highest BCUT2D eigenvalue weighted by molar-refractivity contribution is 5.95. The summed E-state index contributed by atoms with van der Waals surface area (Å²) >= 11 is 0. The molecule has 0 heterocycles. The van der Waals surface area contributed by atoms with E-state index in [1.54, 1.807) is 43.4 Å². The van der Waals surface area contributed by atoms with Crippen LogP contribution < -0.4 is 10.5 Å². The molecular formula is C16H17FN2O2. The molecule has 0 bridgehead atoms. The fourth-order valence-electron chi connectivity index (χ4n) is 2.04. The van der Waals surface area contributed by atoms with Gasteiger partial charge in [0, 0.05) is 36.5 Å². The number of rotatable bonds is 4. The molecule has 0 unspecified atom stereocenters. The first-order valence-corrected chi connectivity index (χ1v) is 6.44. The first kappa shape index (κ1) is 14.8. The summed E-state index contributed by atoms with van der Waals surface area (Å²) < 4.78 is 18.7. The van der Waals surface area contributed by atoms with Crippen molar-refractivity contribution in [3.05, 3.63) is 59.4 Å². The molecule has 0 aliphatic rings. The van der Waals surface area contributed by atoms with Crippen molar-refractivity contribution in [3.63, 3.8) is 0 Å². The first-order chi connectivity index (χ1) is 10.0. The predicted octanol–water partition coefficient (Wildman–Crippen LogP) is 2.69. The van der Waals surface area contributed by atoms with Crippen LogP contribution in [0.1, 0.15) is 15.9 Å². The standard InChI is InChI=1S/C16H17FN2O2/c1-19(10-11-5-3-4-6-15(11)17)16(20)12-7-13(18)9-14(8-12)21-2/h3-9H,10,18H2,1-2H3. The maximum atomic E-state index is 13.6. The van der Waals surface area contributed by atoms with E-state index in [9.17, 15) is 9.18 Å². The monoisotopic (exact) mass is 288 g/mol. The van der Waals surface area contributed by atoms with Gasteiger partial charge in [-0.1, -0.05) is 18.2 Å². The van der Waals surface area contributed by atoms with E-state index in [4.69, 9.17) is 10.5 Å². The van der Waals surface area contributed by atoms with Crippen LogP contribution in [-0.2, 0) is 6.54 Å². The van der Waals surface area contributed by atoms with Gasteiger partial charge in [-0.15, -0.1) is 0 Å². The van der Waals surface area contributed by atoms with Gasteiger partial charge in [0.05, 0.1) is 7.11 Å². The van der Waals surface area contributed by atoms with Gasteiger partial charge in [0.15, 0.2) is 0 Å². The number of methoxy groups -OCH3 is 1. The fourth-order valence-corrected chi connectivity index (χ4v) is 2.04. The van der Waals surface area contributed by atoms with Gasteiger partial charge in [0.2, 0.25) is 0 Å². The minimum atomic E-state index is -0.331. The van der Waals surface area contributed by atoms with E-state index in [2.05, 4.69) is 0 Å². The number of nitrogens with two attached hydrogens (primary N) is 1. The number of anilines is 1. The summed E-state index contributed by atoms with van der Waals surface area (Å²) in [6.07, 6.45) is 0. The molecule has 2 aromatic rings. The SMILES string of the molecule is COc1cc(N)cc(C(=O)N(C)Cc2ccccc2F)c1. The van der Waals surface area contributed by atoms with E-state index in [-0.39, 0.29) is 18.3 Å². The Bertz CT molecular complexity index is 658. The number of hydrogen-bond acceptors (Lipinski definition) is 3. The molecule has 110 valence electrons. The smallest absolute Gasteiger partial charge is 0.254 e. The van der Waals surface area contributed by atoms with Gasteiger partial charge in [0.25, 0.3) is 5.91 Å². The quantitative estimate of drug-likeness (QED) is 0.880. The molecule has 2 rings (SSSR count). The highest BCUT2D eigenvalue weighted by Gasteiger charge is 2.15. The molecule has 0 atom stereocenters. The average Bonchev–Trinajstić information content (AvgIpc) is 2.48. The summed E-state index contributed by atoms with van der Waals surface area (Å²) in [4.78, 5) is 13.8. The van der Waals surface area contributed by atoms with Crippen LogP contribution in [0.4, 0.5) is 10.1 Å². The lowest BCUT2D eigenvalue weighted by atomic mass is 10.1. The summed E-state index contributed by atoms with van der Waals surface area (Å²) in [5.74, 6) is -0.0659. The van der Waals surface area contributed by atoms with Crippen molar-refractivity contribution in [1.82, 2.24) is 4.90 Å². The molecule has 0 aromatic heterocycles. The molecule has 4 nitrogen and oxygen atoms in total. The third-order valence-corrected chi connectivity index (χ3v) is 3.12. The van der Waals surface area contributed by atoms with Crippen molar-refractivity contribution < 1.29 is 13.9 Å². The number of ether oxygens (including phenoxy) is 1. The van der Waals surface area contributed by atoms with Crippen LogP contribution in [0, 0.1) is 5.82 Å². The van der Waals surface area contributed by atoms with Gasteiger partial charge in [-0.3, -0.25) is 4.79 Å². The zero-order valence-electron chi connectivity index (χ0n) is 12.0. The number of hydrogen-bond donors (Lipinski definition) is 1. The maximum absolute atomic E-state index is 13.6. The van der Waals surface area contributed by atoms with Crippen LogP contribution in [0.2, 0.25) is 0 Å². The first-order valence-electron chi connectivity index (χ1n) is 6.44. The molecular weight excluding hydrogens is 271 g/mol. The lowest BCUT2D eigenvalue weighted by Gasteiger charge is -2.18. The Morgan fingerprint density at radius 3 is 2.67 bits per heavy atom. The van der Waals surface area contributed by atoms with Crippen LogP contribution in [0.5, 0.6) is 5.75 Å². The molecule has 2 aromatic carbocycles. The fraction of sp³-hybridized carbons (Fsp3) is 0.188. The second-order valence-electron chi connectivity index (χ2n) is 4.75. The van der Waals surface area contributed by atoms with E-state index in [1.165, 1.54) is 18.1 Å². The van der Waals surface area contributed by atoms with Crippen LogP contribution in [-0.4, -0.2) is 25.0 Å². The number of amides is 1. The number of nitrogens with zero attached hydrogens (tertiary/aromatic N) is 1. The topological polar surface area (TPSA) is 55.6 Å². The van der Waals surface area contributed by atoms with Crippen molar-refractivity contribution in [2.24, 2.45) is 0 Å². The van der Waals surface area contributed by atoms with Crippen molar-refractivity contribution in [2.45, 2.75) is 6.54 Å². The largest absolute Gasteiger partial charge is 0.497 e. The normalized spacial score (nSPS) is 10.2. The van der Waals surface area contributed by atoms with E-state index in [0.29, 0.717) is 22.6 Å². The Hall–Kier alpha value is -2.56. The molecule has 0 spiro atoms. The van der Waals surface area contributed by atoms with Gasteiger partial charge in [-0.25, -0.2) is 4.39 Å². The Morgan fingerprint density at radius 1 is 1.29 bits per heavy atom. The highest BCUT2D eigenvalue weighted by atomic mass is 19.1. The Balaban J connectivity index is 2.20. The average molecular weight is 288 g/mol. The van der Waals surface area contributed by atoms with Crippen molar-refractivity contribution >= 4 is 11.6 Å². The van der Waals surface area contributed by atoms with Gasteiger partial charge in [-0.2, -0.15) is 0 Å². The van der Waals surface area contributed by atoms with E-state index in [0.717, 1.165) is 0 Å². The van der Waals surface area contributed by atoms with Crippen molar-refractivity contribution in [2.75, 3.05) is 19.9 Å². The van der Waals surface area contributed by atoms with E-state index in [1.807, 2.05) is 0 Å². The zero-order valence-corrected chi connectivity index (χ0v) is 12.0. The maximum Gasteiger partial charge on any atom is 0.254 e. The van der Waals surface area contributed by atoms with E-state index < -0.39 is 0 Å². The van der Waals surface area contributed by atoms with Crippen LogP contribution in [0.15, 0.2) is 42.5 Å². The number of carbonyl (C=O) groups is 1. The molecule has 0 saturated heterocycles. The summed E-state index contributed by atoms with van der Waals surface area (Å²) in [7, 11) is 3.12. The van der Waals surface area contributed by atoms with Gasteiger partial charge in [-0.05, 0) is 18.2 Å². The minimum absolute atomic E-state index is 0.183. The van der Waals surface area contributed by atoms with Crippen LogP contribution in [0.25, 0.3) is 0 Å². The number of benzene rings is 2.